The lowest BCUT2D eigenvalue weighted by Crippen LogP contribution is -2.17. The normalized spacial score (nSPS) is 13.2. The molecule has 0 aliphatic rings. The zero-order valence-electron chi connectivity index (χ0n) is 10.4. The molecule has 0 aliphatic carbocycles. The Morgan fingerprint density at radius 2 is 1.90 bits per heavy atom. The van der Waals surface area contributed by atoms with E-state index in [9.17, 15) is 17.6 Å². The summed E-state index contributed by atoms with van der Waals surface area (Å²) in [6.45, 7) is 0. The second-order valence-electron chi connectivity index (χ2n) is 4.38. The van der Waals surface area contributed by atoms with Crippen LogP contribution in [0, 0.1) is 5.82 Å². The van der Waals surface area contributed by atoms with Crippen molar-refractivity contribution in [2.24, 2.45) is 5.73 Å². The molecule has 2 rings (SSSR count). The molecule has 2 aromatic rings. The van der Waals surface area contributed by atoms with Gasteiger partial charge in [0.15, 0.2) is 0 Å². The van der Waals surface area contributed by atoms with Crippen LogP contribution in [0.4, 0.5) is 17.6 Å². The molecule has 0 spiro atoms. The number of hydrogen-bond donors (Lipinski definition) is 1. The Bertz CT molecular complexity index is 596. The van der Waals surface area contributed by atoms with Crippen LogP contribution in [0.15, 0.2) is 42.6 Å². The summed E-state index contributed by atoms with van der Waals surface area (Å²) in [5, 5.41) is 0. The average Bonchev–Trinajstić information content (AvgIpc) is 2.38. The summed E-state index contributed by atoms with van der Waals surface area (Å²) in [5.74, 6) is -0.563. The molecular weight excluding hydrogens is 272 g/mol. The number of halogens is 4. The molecule has 1 aromatic carbocycles. The Labute approximate surface area is 113 Å². The predicted molar refractivity (Wildman–Crippen MR) is 66.3 cm³/mol. The van der Waals surface area contributed by atoms with E-state index in [-0.39, 0.29) is 12.1 Å². The van der Waals surface area contributed by atoms with E-state index in [1.807, 2.05) is 0 Å². The fourth-order valence-corrected chi connectivity index (χ4v) is 1.90. The van der Waals surface area contributed by atoms with Crippen LogP contribution >= 0.6 is 0 Å². The Morgan fingerprint density at radius 1 is 1.15 bits per heavy atom. The average molecular weight is 284 g/mol. The minimum atomic E-state index is -4.41. The number of pyridine rings is 1. The number of rotatable bonds is 3. The zero-order valence-corrected chi connectivity index (χ0v) is 10.4. The molecule has 1 atom stereocenters. The molecule has 2 N–H and O–H groups in total. The van der Waals surface area contributed by atoms with Gasteiger partial charge in [-0.25, -0.2) is 4.39 Å². The summed E-state index contributed by atoms with van der Waals surface area (Å²) in [6.07, 6.45) is -2.93. The highest BCUT2D eigenvalue weighted by molar-refractivity contribution is 5.27. The standard InChI is InChI=1S/C14H12F4N2/c15-11-5-2-6-20-13(11)12(19)8-9-3-1-4-10(7-9)14(16,17)18/h1-7,12H,8,19H2. The second kappa shape index (κ2) is 5.58. The molecule has 0 aliphatic heterocycles. The largest absolute Gasteiger partial charge is 0.416 e. The van der Waals surface area contributed by atoms with Crippen LogP contribution in [0.3, 0.4) is 0 Å². The van der Waals surface area contributed by atoms with Gasteiger partial charge in [0.05, 0.1) is 17.3 Å². The Hall–Kier alpha value is -1.95. The van der Waals surface area contributed by atoms with Crippen molar-refractivity contribution < 1.29 is 17.6 Å². The Kier molecular flexibility index (Phi) is 4.04. The molecule has 0 bridgehead atoms. The number of hydrogen-bond acceptors (Lipinski definition) is 2. The number of nitrogens with zero attached hydrogens (tertiary/aromatic N) is 1. The summed E-state index contributed by atoms with van der Waals surface area (Å²) >= 11 is 0. The predicted octanol–water partition coefficient (Wildman–Crippen LogP) is 3.48. The van der Waals surface area contributed by atoms with Crippen molar-refractivity contribution in [3.8, 4) is 0 Å². The minimum absolute atomic E-state index is 0.0462. The maximum atomic E-state index is 13.5. The van der Waals surface area contributed by atoms with Gasteiger partial charge < -0.3 is 5.73 Å². The third-order valence-corrected chi connectivity index (χ3v) is 2.85. The lowest BCUT2D eigenvalue weighted by molar-refractivity contribution is -0.137. The summed E-state index contributed by atoms with van der Waals surface area (Å²) < 4.78 is 51.3. The summed E-state index contributed by atoms with van der Waals surface area (Å²) in [7, 11) is 0. The van der Waals surface area contributed by atoms with E-state index in [4.69, 9.17) is 5.73 Å². The SMILES string of the molecule is NC(Cc1cccc(C(F)(F)F)c1)c1ncccc1F. The molecule has 0 radical (unpaired) electrons. The van der Waals surface area contributed by atoms with Gasteiger partial charge in [0.1, 0.15) is 5.82 Å². The van der Waals surface area contributed by atoms with E-state index in [2.05, 4.69) is 4.98 Å². The van der Waals surface area contributed by atoms with E-state index in [0.29, 0.717) is 5.56 Å². The highest BCUT2D eigenvalue weighted by Crippen LogP contribution is 2.30. The molecule has 1 aromatic heterocycles. The number of aromatic nitrogens is 1. The molecule has 106 valence electrons. The first-order valence-corrected chi connectivity index (χ1v) is 5.90. The van der Waals surface area contributed by atoms with Crippen LogP contribution in [0.2, 0.25) is 0 Å². The van der Waals surface area contributed by atoms with E-state index in [1.165, 1.54) is 30.5 Å². The van der Waals surface area contributed by atoms with E-state index in [0.717, 1.165) is 12.1 Å². The first-order chi connectivity index (χ1) is 9.38. The van der Waals surface area contributed by atoms with E-state index < -0.39 is 23.6 Å². The monoisotopic (exact) mass is 284 g/mol. The van der Waals surface area contributed by atoms with Crippen molar-refractivity contribution in [2.75, 3.05) is 0 Å². The highest BCUT2D eigenvalue weighted by atomic mass is 19.4. The van der Waals surface area contributed by atoms with Crippen molar-refractivity contribution in [1.29, 1.82) is 0 Å². The van der Waals surface area contributed by atoms with Crippen molar-refractivity contribution in [2.45, 2.75) is 18.6 Å². The van der Waals surface area contributed by atoms with Crippen LogP contribution in [0.5, 0.6) is 0 Å². The number of alkyl halides is 3. The maximum absolute atomic E-state index is 13.5. The maximum Gasteiger partial charge on any atom is 0.416 e. The molecular formula is C14H12F4N2. The van der Waals surface area contributed by atoms with E-state index in [1.54, 1.807) is 0 Å². The van der Waals surface area contributed by atoms with Crippen molar-refractivity contribution in [3.05, 3.63) is 65.2 Å². The fourth-order valence-electron chi connectivity index (χ4n) is 1.90. The number of nitrogens with two attached hydrogens (primary N) is 1. The Balaban J connectivity index is 2.20. The molecule has 1 unspecified atom stereocenters. The second-order valence-corrected chi connectivity index (χ2v) is 4.38. The third kappa shape index (κ3) is 3.33. The highest BCUT2D eigenvalue weighted by Gasteiger charge is 2.30. The molecule has 0 saturated carbocycles. The van der Waals surface area contributed by atoms with Crippen LogP contribution in [0.25, 0.3) is 0 Å². The van der Waals surface area contributed by atoms with Gasteiger partial charge in [0.25, 0.3) is 0 Å². The number of benzene rings is 1. The van der Waals surface area contributed by atoms with Crippen LogP contribution < -0.4 is 5.73 Å². The van der Waals surface area contributed by atoms with Gasteiger partial charge in [-0.1, -0.05) is 18.2 Å². The van der Waals surface area contributed by atoms with Crippen LogP contribution in [-0.2, 0) is 12.6 Å². The van der Waals surface area contributed by atoms with E-state index >= 15 is 0 Å². The topological polar surface area (TPSA) is 38.9 Å². The Morgan fingerprint density at radius 3 is 2.55 bits per heavy atom. The molecule has 0 saturated heterocycles. The summed E-state index contributed by atoms with van der Waals surface area (Å²) in [4.78, 5) is 3.82. The molecule has 6 heteroatoms. The summed E-state index contributed by atoms with van der Waals surface area (Å²) in [5.41, 5.74) is 5.49. The van der Waals surface area contributed by atoms with Gasteiger partial charge >= 0.3 is 6.18 Å². The lowest BCUT2D eigenvalue weighted by Gasteiger charge is -2.13. The van der Waals surface area contributed by atoms with Gasteiger partial charge in [-0.05, 0) is 30.2 Å². The van der Waals surface area contributed by atoms with Gasteiger partial charge in [-0.15, -0.1) is 0 Å². The molecule has 1 heterocycles. The molecule has 2 nitrogen and oxygen atoms in total. The fraction of sp³-hybridized carbons (Fsp3) is 0.214. The van der Waals surface area contributed by atoms with Crippen LogP contribution in [0.1, 0.15) is 22.9 Å². The molecule has 0 fully saturated rings. The first-order valence-electron chi connectivity index (χ1n) is 5.90. The van der Waals surface area contributed by atoms with Gasteiger partial charge in [0, 0.05) is 6.20 Å². The van der Waals surface area contributed by atoms with Crippen molar-refractivity contribution >= 4 is 0 Å². The quantitative estimate of drug-likeness (QED) is 0.876. The van der Waals surface area contributed by atoms with Gasteiger partial charge in [-0.2, -0.15) is 13.2 Å². The van der Waals surface area contributed by atoms with Crippen LogP contribution in [-0.4, -0.2) is 4.98 Å². The zero-order chi connectivity index (χ0) is 14.8. The minimum Gasteiger partial charge on any atom is -0.322 e. The van der Waals surface area contributed by atoms with Gasteiger partial charge in [0.2, 0.25) is 0 Å². The smallest absolute Gasteiger partial charge is 0.322 e. The van der Waals surface area contributed by atoms with Crippen molar-refractivity contribution in [3.63, 3.8) is 0 Å². The first kappa shape index (κ1) is 14.5. The molecule has 20 heavy (non-hydrogen) atoms. The third-order valence-electron chi connectivity index (χ3n) is 2.85. The lowest BCUT2D eigenvalue weighted by atomic mass is 10.0. The van der Waals surface area contributed by atoms with Crippen molar-refractivity contribution in [1.82, 2.24) is 4.98 Å². The van der Waals surface area contributed by atoms with Gasteiger partial charge in [-0.3, -0.25) is 4.98 Å². The molecule has 0 amide bonds. The summed E-state index contributed by atoms with van der Waals surface area (Å²) in [6, 6.07) is 6.68.